The standard InChI is InChI=1S/C6H14N2O4S/c1-7(11-2)13(9,10)8-3-5-12-6-4-8/h3-6H2,1-2H3. The van der Waals surface area contributed by atoms with Crippen LogP contribution in [0, 0.1) is 0 Å². The van der Waals surface area contributed by atoms with Gasteiger partial charge in [0.05, 0.1) is 20.3 Å². The monoisotopic (exact) mass is 210 g/mol. The zero-order chi connectivity index (χ0) is 9.90. The predicted molar refractivity (Wildman–Crippen MR) is 46.1 cm³/mol. The minimum absolute atomic E-state index is 0.385. The van der Waals surface area contributed by atoms with Gasteiger partial charge in [-0.1, -0.05) is 4.47 Å². The largest absolute Gasteiger partial charge is 0.379 e. The van der Waals surface area contributed by atoms with Crippen molar-refractivity contribution in [2.24, 2.45) is 0 Å². The predicted octanol–water partition coefficient (Wildman–Crippen LogP) is -0.943. The van der Waals surface area contributed by atoms with Crippen molar-refractivity contribution in [3.63, 3.8) is 0 Å². The van der Waals surface area contributed by atoms with E-state index >= 15 is 0 Å². The van der Waals surface area contributed by atoms with E-state index in [-0.39, 0.29) is 0 Å². The van der Waals surface area contributed by atoms with E-state index in [4.69, 9.17) is 4.74 Å². The number of ether oxygens (including phenoxy) is 1. The first-order valence-electron chi connectivity index (χ1n) is 3.95. The Hall–Kier alpha value is -0.210. The number of hydrogen-bond donors (Lipinski definition) is 0. The molecule has 0 aromatic carbocycles. The average molecular weight is 210 g/mol. The van der Waals surface area contributed by atoms with Crippen LogP contribution in [-0.4, -0.2) is 57.7 Å². The second kappa shape index (κ2) is 4.34. The van der Waals surface area contributed by atoms with E-state index in [0.29, 0.717) is 26.3 Å². The molecule has 0 radical (unpaired) electrons. The molecule has 1 heterocycles. The molecule has 0 unspecified atom stereocenters. The summed E-state index contributed by atoms with van der Waals surface area (Å²) in [6.45, 7) is 1.65. The van der Waals surface area contributed by atoms with E-state index in [1.165, 1.54) is 18.5 Å². The molecule has 13 heavy (non-hydrogen) atoms. The van der Waals surface area contributed by atoms with Crippen LogP contribution < -0.4 is 0 Å². The van der Waals surface area contributed by atoms with Crippen molar-refractivity contribution in [2.75, 3.05) is 40.5 Å². The van der Waals surface area contributed by atoms with Gasteiger partial charge in [-0.25, -0.2) is 0 Å². The van der Waals surface area contributed by atoms with Gasteiger partial charge in [-0.05, 0) is 0 Å². The number of hydrogen-bond acceptors (Lipinski definition) is 4. The second-order valence-electron chi connectivity index (χ2n) is 2.61. The number of morpholine rings is 1. The molecule has 6 nitrogen and oxygen atoms in total. The van der Waals surface area contributed by atoms with Crippen LogP contribution in [0.1, 0.15) is 0 Å². The average Bonchev–Trinajstić information content (AvgIpc) is 2.18. The highest BCUT2D eigenvalue weighted by atomic mass is 32.2. The van der Waals surface area contributed by atoms with Crippen LogP contribution in [0.15, 0.2) is 0 Å². The Balaban J connectivity index is 2.67. The van der Waals surface area contributed by atoms with Crippen LogP contribution in [-0.2, 0) is 19.8 Å². The summed E-state index contributed by atoms with van der Waals surface area (Å²) in [5.41, 5.74) is 0. The fraction of sp³-hybridized carbons (Fsp3) is 1.00. The highest BCUT2D eigenvalue weighted by molar-refractivity contribution is 7.86. The molecule has 0 bridgehead atoms. The second-order valence-corrected chi connectivity index (χ2v) is 4.54. The van der Waals surface area contributed by atoms with Gasteiger partial charge in [-0.3, -0.25) is 4.84 Å². The third-order valence-corrected chi connectivity index (χ3v) is 3.69. The lowest BCUT2D eigenvalue weighted by Crippen LogP contribution is -2.46. The maximum absolute atomic E-state index is 11.6. The molecule has 0 amide bonds. The normalized spacial score (nSPS) is 20.8. The quantitative estimate of drug-likeness (QED) is 0.564. The summed E-state index contributed by atoms with van der Waals surface area (Å²) in [6.07, 6.45) is 0. The number of nitrogens with zero attached hydrogens (tertiary/aromatic N) is 2. The van der Waals surface area contributed by atoms with Crippen molar-refractivity contribution in [1.29, 1.82) is 0 Å². The molecule has 0 atom stereocenters. The summed E-state index contributed by atoms with van der Waals surface area (Å²) >= 11 is 0. The Morgan fingerprint density at radius 3 is 2.38 bits per heavy atom. The van der Waals surface area contributed by atoms with Gasteiger partial charge in [0.1, 0.15) is 0 Å². The third-order valence-electron chi connectivity index (χ3n) is 1.88. The molecule has 1 aliphatic rings. The smallest absolute Gasteiger partial charge is 0.304 e. The molecule has 0 spiro atoms. The Kier molecular flexibility index (Phi) is 3.63. The molecule has 1 fully saturated rings. The fourth-order valence-electron chi connectivity index (χ4n) is 1.03. The van der Waals surface area contributed by atoms with Crippen molar-refractivity contribution in [3.8, 4) is 0 Å². The van der Waals surface area contributed by atoms with Crippen molar-refractivity contribution in [3.05, 3.63) is 0 Å². The maximum atomic E-state index is 11.6. The first-order chi connectivity index (χ1) is 6.09. The van der Waals surface area contributed by atoms with Crippen molar-refractivity contribution in [2.45, 2.75) is 0 Å². The van der Waals surface area contributed by atoms with E-state index in [1.807, 2.05) is 0 Å². The summed E-state index contributed by atoms with van der Waals surface area (Å²) < 4.78 is 30.4. The third kappa shape index (κ3) is 2.38. The molecule has 1 rings (SSSR count). The van der Waals surface area contributed by atoms with E-state index in [0.717, 1.165) is 4.47 Å². The van der Waals surface area contributed by atoms with Crippen LogP contribution in [0.5, 0.6) is 0 Å². The molecule has 78 valence electrons. The van der Waals surface area contributed by atoms with Crippen LogP contribution in [0.25, 0.3) is 0 Å². The molecule has 7 heteroatoms. The molecular weight excluding hydrogens is 196 g/mol. The molecule has 0 N–H and O–H groups in total. The van der Waals surface area contributed by atoms with Crippen LogP contribution in [0.2, 0.25) is 0 Å². The molecule has 1 saturated heterocycles. The zero-order valence-electron chi connectivity index (χ0n) is 7.76. The zero-order valence-corrected chi connectivity index (χ0v) is 8.58. The summed E-state index contributed by atoms with van der Waals surface area (Å²) in [7, 11) is -0.764. The van der Waals surface area contributed by atoms with Gasteiger partial charge < -0.3 is 4.74 Å². The van der Waals surface area contributed by atoms with E-state index in [9.17, 15) is 8.42 Å². The van der Waals surface area contributed by atoms with Gasteiger partial charge in [-0.15, -0.1) is 0 Å². The maximum Gasteiger partial charge on any atom is 0.304 e. The van der Waals surface area contributed by atoms with Gasteiger partial charge in [0.25, 0.3) is 0 Å². The Labute approximate surface area is 78.2 Å². The SMILES string of the molecule is CON(C)S(=O)(=O)N1CCOCC1. The van der Waals surface area contributed by atoms with E-state index in [1.54, 1.807) is 0 Å². The van der Waals surface area contributed by atoms with Gasteiger partial charge >= 0.3 is 10.2 Å². The van der Waals surface area contributed by atoms with Crippen LogP contribution in [0.4, 0.5) is 0 Å². The first-order valence-corrected chi connectivity index (χ1v) is 5.34. The molecular formula is C6H14N2O4S. The highest BCUT2D eigenvalue weighted by Crippen LogP contribution is 2.08. The fourth-order valence-corrected chi connectivity index (χ4v) is 2.16. The molecule has 0 aromatic heterocycles. The van der Waals surface area contributed by atoms with E-state index in [2.05, 4.69) is 4.84 Å². The Morgan fingerprint density at radius 2 is 1.92 bits per heavy atom. The van der Waals surface area contributed by atoms with Gasteiger partial charge in [0, 0.05) is 20.1 Å². The lowest BCUT2D eigenvalue weighted by molar-refractivity contribution is -0.0356. The number of hydroxylamine groups is 1. The topological polar surface area (TPSA) is 59.1 Å². The lowest BCUT2D eigenvalue weighted by Gasteiger charge is -2.28. The lowest BCUT2D eigenvalue weighted by atomic mass is 10.5. The van der Waals surface area contributed by atoms with Crippen LogP contribution in [0.3, 0.4) is 0 Å². The number of rotatable bonds is 3. The molecule has 0 saturated carbocycles. The Morgan fingerprint density at radius 1 is 1.38 bits per heavy atom. The molecule has 1 aliphatic heterocycles. The highest BCUT2D eigenvalue weighted by Gasteiger charge is 2.28. The van der Waals surface area contributed by atoms with E-state index < -0.39 is 10.2 Å². The molecule has 0 aliphatic carbocycles. The van der Waals surface area contributed by atoms with Crippen LogP contribution >= 0.6 is 0 Å². The van der Waals surface area contributed by atoms with Crippen molar-refractivity contribution in [1.82, 2.24) is 8.77 Å². The summed E-state index contributed by atoms with van der Waals surface area (Å²) in [5.74, 6) is 0. The van der Waals surface area contributed by atoms with Gasteiger partial charge in [0.2, 0.25) is 0 Å². The Bertz CT molecular complexity index is 247. The minimum atomic E-state index is -3.45. The first kappa shape index (κ1) is 10.9. The van der Waals surface area contributed by atoms with Crippen molar-refractivity contribution < 1.29 is 18.0 Å². The van der Waals surface area contributed by atoms with Gasteiger partial charge in [-0.2, -0.15) is 12.7 Å². The van der Waals surface area contributed by atoms with Gasteiger partial charge in [0.15, 0.2) is 0 Å². The summed E-state index contributed by atoms with van der Waals surface area (Å²) in [5, 5.41) is 0. The van der Waals surface area contributed by atoms with Crippen molar-refractivity contribution >= 4 is 10.2 Å². The summed E-state index contributed by atoms with van der Waals surface area (Å²) in [6, 6.07) is 0. The summed E-state index contributed by atoms with van der Waals surface area (Å²) in [4.78, 5) is 4.63. The minimum Gasteiger partial charge on any atom is -0.379 e. The molecule has 0 aromatic rings.